The van der Waals surface area contributed by atoms with Crippen LogP contribution in [0.4, 0.5) is 0 Å². The highest BCUT2D eigenvalue weighted by Crippen LogP contribution is 2.21. The number of carboxylic acids is 1. The Morgan fingerprint density at radius 1 is 1.60 bits per heavy atom. The molecule has 0 amide bonds. The maximum Gasteiger partial charge on any atom is 0.339 e. The molecule has 0 radical (unpaired) electrons. The van der Waals surface area contributed by atoms with Gasteiger partial charge in [0.25, 0.3) is 0 Å². The van der Waals surface area contributed by atoms with Gasteiger partial charge >= 0.3 is 5.97 Å². The Morgan fingerprint density at radius 2 is 2.35 bits per heavy atom. The summed E-state index contributed by atoms with van der Waals surface area (Å²) in [5.41, 5.74) is 0.737. The van der Waals surface area contributed by atoms with Gasteiger partial charge in [-0.3, -0.25) is 4.90 Å². The van der Waals surface area contributed by atoms with E-state index in [0.717, 1.165) is 13.1 Å². The highest BCUT2D eigenvalue weighted by molar-refractivity contribution is 5.88. The monoisotopic (exact) mass is 279 g/mol. The summed E-state index contributed by atoms with van der Waals surface area (Å²) in [6.45, 7) is 8.48. The number of hydrogen-bond donors (Lipinski definition) is 1. The third kappa shape index (κ3) is 3.13. The standard InChI is InChI=1S/C14H21N3O3/c1-4-11-10(14(18)19)7-15-13(16-11)12-8-17(9(2)3)5-6-20-12/h7,9,12H,4-6,8H2,1-3H3,(H,18,19). The number of aromatic nitrogens is 2. The Kier molecular flexibility index (Phi) is 4.67. The lowest BCUT2D eigenvalue weighted by Crippen LogP contribution is -2.42. The van der Waals surface area contributed by atoms with E-state index in [1.165, 1.54) is 6.20 Å². The van der Waals surface area contributed by atoms with Gasteiger partial charge in [0.15, 0.2) is 5.82 Å². The molecule has 1 atom stereocenters. The lowest BCUT2D eigenvalue weighted by molar-refractivity contribution is -0.0443. The molecule has 1 saturated heterocycles. The molecule has 1 aromatic heterocycles. The first-order valence-electron chi connectivity index (χ1n) is 6.97. The molecule has 1 aromatic rings. The number of hydrogen-bond acceptors (Lipinski definition) is 5. The summed E-state index contributed by atoms with van der Waals surface area (Å²) < 4.78 is 5.73. The number of rotatable bonds is 4. The summed E-state index contributed by atoms with van der Waals surface area (Å²) in [6, 6.07) is 0.449. The molecular formula is C14H21N3O3. The van der Waals surface area contributed by atoms with E-state index in [-0.39, 0.29) is 11.7 Å². The molecule has 1 fully saturated rings. The second kappa shape index (κ2) is 6.28. The first kappa shape index (κ1) is 14.9. The molecule has 2 rings (SSSR count). The van der Waals surface area contributed by atoms with E-state index in [0.29, 0.717) is 30.6 Å². The lowest BCUT2D eigenvalue weighted by atomic mass is 10.1. The summed E-state index contributed by atoms with van der Waals surface area (Å²) in [4.78, 5) is 22.0. The van der Waals surface area contributed by atoms with Crippen LogP contribution in [0.3, 0.4) is 0 Å². The van der Waals surface area contributed by atoms with Crippen molar-refractivity contribution in [3.05, 3.63) is 23.3 Å². The molecule has 0 bridgehead atoms. The van der Waals surface area contributed by atoms with Crippen LogP contribution in [0, 0.1) is 0 Å². The minimum absolute atomic E-state index is 0.174. The maximum atomic E-state index is 11.1. The van der Waals surface area contributed by atoms with Gasteiger partial charge in [-0.05, 0) is 20.3 Å². The molecule has 6 nitrogen and oxygen atoms in total. The van der Waals surface area contributed by atoms with Crippen LogP contribution in [0.15, 0.2) is 6.20 Å². The molecule has 1 N–H and O–H groups in total. The van der Waals surface area contributed by atoms with Gasteiger partial charge in [-0.15, -0.1) is 0 Å². The Labute approximate surface area is 118 Å². The maximum absolute atomic E-state index is 11.1. The number of ether oxygens (including phenoxy) is 1. The van der Waals surface area contributed by atoms with Crippen LogP contribution in [0.25, 0.3) is 0 Å². The third-order valence-corrected chi connectivity index (χ3v) is 3.57. The Morgan fingerprint density at radius 3 is 2.95 bits per heavy atom. The molecule has 2 heterocycles. The SMILES string of the molecule is CCc1nc(C2CN(C(C)C)CCO2)ncc1C(=O)O. The molecule has 20 heavy (non-hydrogen) atoms. The summed E-state index contributed by atoms with van der Waals surface area (Å²) in [5, 5.41) is 9.09. The molecule has 110 valence electrons. The normalized spacial score (nSPS) is 20.3. The molecule has 1 aliphatic rings. The zero-order chi connectivity index (χ0) is 14.7. The van der Waals surface area contributed by atoms with E-state index in [1.54, 1.807) is 0 Å². The zero-order valence-electron chi connectivity index (χ0n) is 12.2. The minimum atomic E-state index is -0.984. The average Bonchev–Trinajstić information content (AvgIpc) is 2.46. The second-order valence-electron chi connectivity index (χ2n) is 5.20. The molecule has 6 heteroatoms. The topological polar surface area (TPSA) is 75.5 Å². The predicted octanol–water partition coefficient (Wildman–Crippen LogP) is 1.52. The highest BCUT2D eigenvalue weighted by Gasteiger charge is 2.26. The van der Waals surface area contributed by atoms with E-state index >= 15 is 0 Å². The van der Waals surface area contributed by atoms with Gasteiger partial charge < -0.3 is 9.84 Å². The molecular weight excluding hydrogens is 258 g/mol. The van der Waals surface area contributed by atoms with Crippen molar-refractivity contribution in [1.29, 1.82) is 0 Å². The van der Waals surface area contributed by atoms with Gasteiger partial charge in [0, 0.05) is 25.3 Å². The van der Waals surface area contributed by atoms with Crippen molar-refractivity contribution in [1.82, 2.24) is 14.9 Å². The van der Waals surface area contributed by atoms with E-state index in [1.807, 2.05) is 6.92 Å². The molecule has 0 aliphatic carbocycles. The average molecular weight is 279 g/mol. The third-order valence-electron chi connectivity index (χ3n) is 3.57. The van der Waals surface area contributed by atoms with Crippen molar-refractivity contribution in [3.8, 4) is 0 Å². The van der Waals surface area contributed by atoms with Crippen molar-refractivity contribution in [3.63, 3.8) is 0 Å². The number of nitrogens with zero attached hydrogens (tertiary/aromatic N) is 3. The second-order valence-corrected chi connectivity index (χ2v) is 5.20. The first-order chi connectivity index (χ1) is 9.52. The predicted molar refractivity (Wildman–Crippen MR) is 73.8 cm³/mol. The van der Waals surface area contributed by atoms with Crippen LogP contribution in [0.1, 0.15) is 48.8 Å². The van der Waals surface area contributed by atoms with Gasteiger partial charge in [0.2, 0.25) is 0 Å². The number of aromatic carboxylic acids is 1. The molecule has 1 aliphatic heterocycles. The molecule has 1 unspecified atom stereocenters. The van der Waals surface area contributed by atoms with Crippen LogP contribution in [-0.2, 0) is 11.2 Å². The quantitative estimate of drug-likeness (QED) is 0.900. The fourth-order valence-electron chi connectivity index (χ4n) is 2.33. The van der Waals surface area contributed by atoms with Crippen LogP contribution in [0.5, 0.6) is 0 Å². The van der Waals surface area contributed by atoms with Gasteiger partial charge in [0.05, 0.1) is 17.9 Å². The largest absolute Gasteiger partial charge is 0.478 e. The van der Waals surface area contributed by atoms with Gasteiger partial charge in [-0.2, -0.15) is 0 Å². The fraction of sp³-hybridized carbons (Fsp3) is 0.643. The van der Waals surface area contributed by atoms with E-state index in [2.05, 4.69) is 28.7 Å². The summed E-state index contributed by atoms with van der Waals surface area (Å²) in [6.07, 6.45) is 1.78. The van der Waals surface area contributed by atoms with E-state index < -0.39 is 5.97 Å². The van der Waals surface area contributed by atoms with Crippen molar-refractivity contribution in [2.24, 2.45) is 0 Å². The molecule has 0 spiro atoms. The van der Waals surface area contributed by atoms with Crippen molar-refractivity contribution < 1.29 is 14.6 Å². The van der Waals surface area contributed by atoms with Crippen LogP contribution in [0.2, 0.25) is 0 Å². The van der Waals surface area contributed by atoms with Gasteiger partial charge in [0.1, 0.15) is 6.10 Å². The summed E-state index contributed by atoms with van der Waals surface area (Å²) >= 11 is 0. The van der Waals surface area contributed by atoms with Crippen LogP contribution < -0.4 is 0 Å². The number of morpholine rings is 1. The number of carbonyl (C=O) groups is 1. The molecule has 0 aromatic carbocycles. The smallest absolute Gasteiger partial charge is 0.339 e. The van der Waals surface area contributed by atoms with Crippen molar-refractivity contribution in [2.75, 3.05) is 19.7 Å². The Hall–Kier alpha value is -1.53. The summed E-state index contributed by atoms with van der Waals surface area (Å²) in [7, 11) is 0. The minimum Gasteiger partial charge on any atom is -0.478 e. The van der Waals surface area contributed by atoms with Crippen molar-refractivity contribution in [2.45, 2.75) is 39.3 Å². The lowest BCUT2D eigenvalue weighted by Gasteiger charge is -2.34. The van der Waals surface area contributed by atoms with Gasteiger partial charge in [-0.25, -0.2) is 14.8 Å². The van der Waals surface area contributed by atoms with Crippen LogP contribution in [-0.4, -0.2) is 51.7 Å². The highest BCUT2D eigenvalue weighted by atomic mass is 16.5. The van der Waals surface area contributed by atoms with E-state index in [4.69, 9.17) is 9.84 Å². The van der Waals surface area contributed by atoms with Crippen molar-refractivity contribution >= 4 is 5.97 Å². The molecule has 0 saturated carbocycles. The van der Waals surface area contributed by atoms with Gasteiger partial charge in [-0.1, -0.05) is 6.92 Å². The Bertz CT molecular complexity index is 491. The fourth-order valence-corrected chi connectivity index (χ4v) is 2.33. The summed E-state index contributed by atoms with van der Waals surface area (Å²) in [5.74, 6) is -0.404. The number of aryl methyl sites for hydroxylation is 1. The Balaban J connectivity index is 2.22. The zero-order valence-corrected chi connectivity index (χ0v) is 12.2. The number of carboxylic acid groups (broad SMARTS) is 1. The van der Waals surface area contributed by atoms with Crippen LogP contribution >= 0.6 is 0 Å². The van der Waals surface area contributed by atoms with E-state index in [9.17, 15) is 4.79 Å². The first-order valence-corrected chi connectivity index (χ1v) is 6.97.